The van der Waals surface area contributed by atoms with E-state index < -0.39 is 0 Å². The summed E-state index contributed by atoms with van der Waals surface area (Å²) in [6.07, 6.45) is 0.780. The Morgan fingerprint density at radius 1 is 1.38 bits per heavy atom. The number of benzene rings is 1. The molecule has 112 valence electrons. The van der Waals surface area contributed by atoms with Crippen molar-refractivity contribution in [2.24, 2.45) is 0 Å². The molecule has 0 saturated carbocycles. The fourth-order valence-corrected chi connectivity index (χ4v) is 1.93. The van der Waals surface area contributed by atoms with Gasteiger partial charge >= 0.3 is 0 Å². The normalized spacial score (nSPS) is 10.6. The van der Waals surface area contributed by atoms with Crippen molar-refractivity contribution in [1.29, 1.82) is 0 Å². The highest BCUT2D eigenvalue weighted by molar-refractivity contribution is 5.93. The SMILES string of the molecule is CCOCCCNC(=O)c1cc(-c2cccc(C)c2)on1. The van der Waals surface area contributed by atoms with E-state index in [1.165, 1.54) is 0 Å². The first kappa shape index (κ1) is 15.3. The maximum absolute atomic E-state index is 11.9. The van der Waals surface area contributed by atoms with Gasteiger partial charge < -0.3 is 14.6 Å². The van der Waals surface area contributed by atoms with Crippen LogP contribution in [0.25, 0.3) is 11.3 Å². The number of nitrogens with zero attached hydrogens (tertiary/aromatic N) is 1. The third-order valence-electron chi connectivity index (χ3n) is 3.00. The molecule has 0 atom stereocenters. The van der Waals surface area contributed by atoms with Crippen LogP contribution >= 0.6 is 0 Å². The van der Waals surface area contributed by atoms with Crippen molar-refractivity contribution in [3.63, 3.8) is 0 Å². The molecule has 0 aliphatic heterocycles. The van der Waals surface area contributed by atoms with E-state index in [0.29, 0.717) is 31.2 Å². The second-order valence-electron chi connectivity index (χ2n) is 4.75. The fourth-order valence-electron chi connectivity index (χ4n) is 1.93. The number of amides is 1. The molecule has 1 aromatic carbocycles. The van der Waals surface area contributed by atoms with E-state index in [0.717, 1.165) is 17.5 Å². The molecule has 0 radical (unpaired) electrons. The number of rotatable bonds is 7. The van der Waals surface area contributed by atoms with Gasteiger partial charge in [-0.25, -0.2) is 0 Å². The van der Waals surface area contributed by atoms with Crippen LogP contribution in [0.2, 0.25) is 0 Å². The molecule has 5 heteroatoms. The summed E-state index contributed by atoms with van der Waals surface area (Å²) in [6, 6.07) is 9.53. The van der Waals surface area contributed by atoms with Gasteiger partial charge in [-0.15, -0.1) is 0 Å². The Kier molecular flexibility index (Phi) is 5.51. The number of ether oxygens (including phenoxy) is 1. The van der Waals surface area contributed by atoms with Crippen LogP contribution < -0.4 is 5.32 Å². The molecular weight excluding hydrogens is 268 g/mol. The van der Waals surface area contributed by atoms with E-state index >= 15 is 0 Å². The Hall–Kier alpha value is -2.14. The molecule has 1 aromatic heterocycles. The van der Waals surface area contributed by atoms with Crippen molar-refractivity contribution in [3.8, 4) is 11.3 Å². The summed E-state index contributed by atoms with van der Waals surface area (Å²) < 4.78 is 10.4. The van der Waals surface area contributed by atoms with Crippen LogP contribution in [0.1, 0.15) is 29.4 Å². The Labute approximate surface area is 124 Å². The van der Waals surface area contributed by atoms with Crippen molar-refractivity contribution in [2.45, 2.75) is 20.3 Å². The average Bonchev–Trinajstić information content (AvgIpc) is 2.97. The molecule has 1 N–H and O–H groups in total. The highest BCUT2D eigenvalue weighted by Crippen LogP contribution is 2.21. The minimum atomic E-state index is -0.228. The summed E-state index contributed by atoms with van der Waals surface area (Å²) in [4.78, 5) is 11.9. The minimum absolute atomic E-state index is 0.228. The summed E-state index contributed by atoms with van der Waals surface area (Å²) in [5, 5.41) is 6.61. The van der Waals surface area contributed by atoms with Crippen LogP contribution in [0.3, 0.4) is 0 Å². The van der Waals surface area contributed by atoms with E-state index in [-0.39, 0.29) is 5.91 Å². The van der Waals surface area contributed by atoms with Crippen molar-refractivity contribution < 1.29 is 14.1 Å². The zero-order chi connectivity index (χ0) is 15.1. The van der Waals surface area contributed by atoms with E-state index in [1.807, 2.05) is 38.1 Å². The summed E-state index contributed by atoms with van der Waals surface area (Å²) >= 11 is 0. The Balaban J connectivity index is 1.92. The smallest absolute Gasteiger partial charge is 0.273 e. The predicted octanol–water partition coefficient (Wildman–Crippen LogP) is 2.81. The van der Waals surface area contributed by atoms with Crippen molar-refractivity contribution in [1.82, 2.24) is 10.5 Å². The standard InChI is InChI=1S/C16H20N2O3/c1-3-20-9-5-8-17-16(19)14-11-15(21-18-14)13-7-4-6-12(2)10-13/h4,6-7,10-11H,3,5,8-9H2,1-2H3,(H,17,19). The molecule has 2 rings (SSSR count). The minimum Gasteiger partial charge on any atom is -0.382 e. The fraction of sp³-hybridized carbons (Fsp3) is 0.375. The van der Waals surface area contributed by atoms with Crippen molar-refractivity contribution in [3.05, 3.63) is 41.6 Å². The van der Waals surface area contributed by atoms with Crippen LogP contribution in [0, 0.1) is 6.92 Å². The van der Waals surface area contributed by atoms with Gasteiger partial charge in [0.25, 0.3) is 5.91 Å². The van der Waals surface area contributed by atoms with Crippen LogP contribution in [0.5, 0.6) is 0 Å². The molecule has 5 nitrogen and oxygen atoms in total. The lowest BCUT2D eigenvalue weighted by atomic mass is 10.1. The van der Waals surface area contributed by atoms with E-state index in [4.69, 9.17) is 9.26 Å². The molecule has 0 bridgehead atoms. The monoisotopic (exact) mass is 288 g/mol. The Morgan fingerprint density at radius 2 is 2.24 bits per heavy atom. The third-order valence-corrected chi connectivity index (χ3v) is 3.00. The molecule has 2 aromatic rings. The van der Waals surface area contributed by atoms with Gasteiger partial charge in [0.15, 0.2) is 11.5 Å². The molecule has 1 heterocycles. The van der Waals surface area contributed by atoms with Gasteiger partial charge in [-0.05, 0) is 26.3 Å². The van der Waals surface area contributed by atoms with Crippen LogP contribution in [0.4, 0.5) is 0 Å². The third kappa shape index (κ3) is 4.43. The quantitative estimate of drug-likeness (QED) is 0.796. The van der Waals surface area contributed by atoms with Crippen molar-refractivity contribution in [2.75, 3.05) is 19.8 Å². The highest BCUT2D eigenvalue weighted by Gasteiger charge is 2.13. The lowest BCUT2D eigenvalue weighted by molar-refractivity contribution is 0.0935. The van der Waals surface area contributed by atoms with Gasteiger partial charge in [0.05, 0.1) is 0 Å². The molecule has 0 aliphatic rings. The van der Waals surface area contributed by atoms with Crippen LogP contribution in [-0.4, -0.2) is 30.8 Å². The van der Waals surface area contributed by atoms with E-state index in [2.05, 4.69) is 10.5 Å². The van der Waals surface area contributed by atoms with Crippen molar-refractivity contribution >= 4 is 5.91 Å². The summed E-state index contributed by atoms with van der Waals surface area (Å²) in [5.41, 5.74) is 2.34. The second kappa shape index (κ2) is 7.59. The lowest BCUT2D eigenvalue weighted by Crippen LogP contribution is -2.25. The zero-order valence-electron chi connectivity index (χ0n) is 12.4. The molecule has 21 heavy (non-hydrogen) atoms. The first-order valence-corrected chi connectivity index (χ1v) is 7.10. The number of carbonyl (C=O) groups is 1. The largest absolute Gasteiger partial charge is 0.382 e. The van der Waals surface area contributed by atoms with Crippen LogP contribution in [-0.2, 0) is 4.74 Å². The maximum Gasteiger partial charge on any atom is 0.273 e. The van der Waals surface area contributed by atoms with Gasteiger partial charge in [-0.1, -0.05) is 28.9 Å². The molecule has 0 aliphatic carbocycles. The highest BCUT2D eigenvalue weighted by atomic mass is 16.5. The van der Waals surface area contributed by atoms with Gasteiger partial charge in [0, 0.05) is 31.4 Å². The summed E-state index contributed by atoms with van der Waals surface area (Å²) in [6.45, 7) is 5.85. The second-order valence-corrected chi connectivity index (χ2v) is 4.75. The maximum atomic E-state index is 11.9. The summed E-state index contributed by atoms with van der Waals surface area (Å²) in [5.74, 6) is 0.368. The van der Waals surface area contributed by atoms with Crippen LogP contribution in [0.15, 0.2) is 34.9 Å². The number of hydrogen-bond acceptors (Lipinski definition) is 4. The number of carbonyl (C=O) groups excluding carboxylic acids is 1. The van der Waals surface area contributed by atoms with E-state index in [9.17, 15) is 4.79 Å². The predicted molar refractivity (Wildman–Crippen MR) is 80.1 cm³/mol. The Bertz CT molecular complexity index is 593. The van der Waals surface area contributed by atoms with Gasteiger partial charge in [-0.2, -0.15) is 0 Å². The van der Waals surface area contributed by atoms with Gasteiger partial charge in [-0.3, -0.25) is 4.79 Å². The molecular formula is C16H20N2O3. The summed E-state index contributed by atoms with van der Waals surface area (Å²) in [7, 11) is 0. The number of hydrogen-bond donors (Lipinski definition) is 1. The number of aromatic nitrogens is 1. The molecule has 0 fully saturated rings. The number of nitrogens with one attached hydrogen (secondary N) is 1. The van der Waals surface area contributed by atoms with E-state index in [1.54, 1.807) is 6.07 Å². The molecule has 0 unspecified atom stereocenters. The molecule has 1 amide bonds. The Morgan fingerprint density at radius 3 is 3.00 bits per heavy atom. The molecule has 0 saturated heterocycles. The topological polar surface area (TPSA) is 64.4 Å². The first-order valence-electron chi connectivity index (χ1n) is 7.10. The van der Waals surface area contributed by atoms with Gasteiger partial charge in [0.2, 0.25) is 0 Å². The van der Waals surface area contributed by atoms with Gasteiger partial charge in [0.1, 0.15) is 0 Å². The number of aryl methyl sites for hydroxylation is 1. The lowest BCUT2D eigenvalue weighted by Gasteiger charge is -2.02. The average molecular weight is 288 g/mol. The first-order chi connectivity index (χ1) is 10.2. The zero-order valence-corrected chi connectivity index (χ0v) is 12.4. The molecule has 0 spiro atoms.